The Morgan fingerprint density at radius 1 is 0.776 bits per heavy atom. The smallest absolute Gasteiger partial charge is 0.262 e. The summed E-state index contributed by atoms with van der Waals surface area (Å²) in [6.45, 7) is 4.26. The Hall–Kier alpha value is -6.63. The van der Waals surface area contributed by atoms with E-state index >= 15 is 0 Å². The van der Waals surface area contributed by atoms with Gasteiger partial charge in [0.05, 0.1) is 28.9 Å². The molecule has 3 amide bonds. The molecule has 2 fully saturated rings. The lowest BCUT2D eigenvalue weighted by Crippen LogP contribution is -2.51. The number of nitrogens with one attached hydrogen (secondary N) is 1. The molecular weight excluding hydrogens is 735 g/mol. The van der Waals surface area contributed by atoms with Gasteiger partial charge in [0.15, 0.2) is 0 Å². The van der Waals surface area contributed by atoms with Crippen molar-refractivity contribution < 1.29 is 28.6 Å². The van der Waals surface area contributed by atoms with Gasteiger partial charge in [0.25, 0.3) is 11.8 Å². The highest BCUT2D eigenvalue weighted by Crippen LogP contribution is 2.34. The number of benzene rings is 2. The molecule has 1 saturated carbocycles. The number of hydrogen-bond acceptors (Lipinski definition) is 10. The molecule has 9 rings (SSSR count). The first-order valence-electron chi connectivity index (χ1n) is 19.9. The summed E-state index contributed by atoms with van der Waals surface area (Å²) in [6.07, 6.45) is 12.7. The molecule has 1 aliphatic carbocycles. The lowest BCUT2D eigenvalue weighted by atomic mass is 9.92. The number of nitrogens with zero attached hydrogens (tertiary/aromatic N) is 6. The molecule has 6 heterocycles. The van der Waals surface area contributed by atoms with E-state index < -0.39 is 17.9 Å². The molecule has 4 aromatic heterocycles. The molecule has 13 nitrogen and oxygen atoms in total. The maximum absolute atomic E-state index is 13.1. The predicted octanol–water partition coefficient (Wildman–Crippen LogP) is 7.14. The molecule has 0 bridgehead atoms. The number of unbranched alkanes of at least 4 members (excludes halogenated alkanes) is 3. The zero-order chi connectivity index (χ0) is 39.8. The van der Waals surface area contributed by atoms with Gasteiger partial charge in [-0.25, -0.2) is 4.98 Å². The van der Waals surface area contributed by atoms with Crippen LogP contribution in [0.2, 0.25) is 0 Å². The summed E-state index contributed by atoms with van der Waals surface area (Å²) in [4.78, 5) is 48.5. The molecular formula is C45H43N7O6. The average molecular weight is 778 g/mol. The number of fused-ring (bicyclic) bond motifs is 4. The molecule has 2 aromatic carbocycles. The summed E-state index contributed by atoms with van der Waals surface area (Å²) >= 11 is 0. The standard InChI is InChI=1S/C45H43N7O6/c1-27-8-15-39(43(53)48-27)52-44(54)35-14-12-31(24-36(35)45(52)55)56-20-6-4-3-5-7-30-11-17-42(50-49-30)58-33-22-32(23-33)57-41-16-10-29(25-47-41)28-9-13-34-37-26-46-19-18-38(37)51(2)40(34)21-28/h9-14,16-19,21,24-26,32-33,39H,1,3-8,15,20,22-23H2,2H3,(H,48,53). The zero-order valence-corrected chi connectivity index (χ0v) is 32.2. The molecule has 0 spiro atoms. The maximum atomic E-state index is 13.1. The first-order chi connectivity index (χ1) is 28.3. The van der Waals surface area contributed by atoms with Crippen molar-refractivity contribution in [3.8, 4) is 28.6 Å². The Balaban J connectivity index is 0.664. The fourth-order valence-corrected chi connectivity index (χ4v) is 8.02. The second kappa shape index (κ2) is 15.7. The maximum Gasteiger partial charge on any atom is 0.262 e. The van der Waals surface area contributed by atoms with Crippen LogP contribution in [0.1, 0.15) is 77.8 Å². The zero-order valence-electron chi connectivity index (χ0n) is 32.2. The molecule has 6 aromatic rings. The van der Waals surface area contributed by atoms with Crippen LogP contribution < -0.4 is 19.5 Å². The second-order valence-corrected chi connectivity index (χ2v) is 15.2. The number of carbonyl (C=O) groups excluding carboxylic acids is 3. The molecule has 1 saturated heterocycles. The summed E-state index contributed by atoms with van der Waals surface area (Å²) in [7, 11) is 2.08. The minimum atomic E-state index is -0.834. The van der Waals surface area contributed by atoms with Gasteiger partial charge in [-0.15, -0.1) is 5.10 Å². The third-order valence-electron chi connectivity index (χ3n) is 11.3. The van der Waals surface area contributed by atoms with Gasteiger partial charge < -0.3 is 24.1 Å². The Morgan fingerprint density at radius 3 is 2.36 bits per heavy atom. The van der Waals surface area contributed by atoms with Gasteiger partial charge in [-0.2, -0.15) is 5.10 Å². The van der Waals surface area contributed by atoms with Crippen molar-refractivity contribution in [1.82, 2.24) is 34.9 Å². The minimum Gasteiger partial charge on any atom is -0.494 e. The fourth-order valence-electron chi connectivity index (χ4n) is 8.02. The van der Waals surface area contributed by atoms with Gasteiger partial charge >= 0.3 is 0 Å². The predicted molar refractivity (Wildman–Crippen MR) is 216 cm³/mol. The number of aryl methyl sites for hydroxylation is 2. The quantitative estimate of drug-likeness (QED) is 0.0893. The van der Waals surface area contributed by atoms with Crippen molar-refractivity contribution in [2.24, 2.45) is 7.05 Å². The molecule has 0 radical (unpaired) electrons. The summed E-state index contributed by atoms with van der Waals surface area (Å²) in [6, 6.07) is 20.4. The summed E-state index contributed by atoms with van der Waals surface area (Å²) in [5.41, 5.74) is 6.51. The van der Waals surface area contributed by atoms with Crippen molar-refractivity contribution in [2.45, 2.75) is 76.0 Å². The third-order valence-corrected chi connectivity index (χ3v) is 11.3. The molecule has 1 N–H and O–H groups in total. The van der Waals surface area contributed by atoms with Crippen LogP contribution in [0.3, 0.4) is 0 Å². The van der Waals surface area contributed by atoms with Crippen LogP contribution in [0.15, 0.2) is 97.6 Å². The number of allylic oxidation sites excluding steroid dienone is 1. The number of piperidine rings is 1. The summed E-state index contributed by atoms with van der Waals surface area (Å²) in [5.74, 6) is 0.340. The van der Waals surface area contributed by atoms with Crippen molar-refractivity contribution >= 4 is 39.5 Å². The van der Waals surface area contributed by atoms with Gasteiger partial charge in [-0.05, 0) is 80.1 Å². The van der Waals surface area contributed by atoms with Crippen molar-refractivity contribution in [3.05, 3.63) is 114 Å². The Labute approximate surface area is 335 Å². The van der Waals surface area contributed by atoms with Crippen LogP contribution >= 0.6 is 0 Å². The largest absolute Gasteiger partial charge is 0.494 e. The lowest BCUT2D eigenvalue weighted by Gasteiger charge is -2.34. The number of amides is 3. The van der Waals surface area contributed by atoms with Crippen LogP contribution in [0.5, 0.6) is 17.5 Å². The van der Waals surface area contributed by atoms with Gasteiger partial charge in [-0.3, -0.25) is 24.3 Å². The fraction of sp³-hybridized carbons (Fsp3) is 0.311. The molecule has 3 aliphatic rings. The normalized spacial score (nSPS) is 19.0. The van der Waals surface area contributed by atoms with Crippen molar-refractivity contribution in [2.75, 3.05) is 6.61 Å². The van der Waals surface area contributed by atoms with E-state index in [1.165, 1.54) is 5.39 Å². The summed E-state index contributed by atoms with van der Waals surface area (Å²) in [5, 5.41) is 13.7. The van der Waals surface area contributed by atoms with E-state index in [-0.39, 0.29) is 23.7 Å². The van der Waals surface area contributed by atoms with E-state index in [0.29, 0.717) is 48.2 Å². The van der Waals surface area contributed by atoms with E-state index in [9.17, 15) is 14.4 Å². The molecule has 13 heteroatoms. The third kappa shape index (κ3) is 7.35. The number of aromatic nitrogens is 5. The van der Waals surface area contributed by atoms with Crippen LogP contribution in [0, 0.1) is 0 Å². The lowest BCUT2D eigenvalue weighted by molar-refractivity contribution is -0.125. The van der Waals surface area contributed by atoms with E-state index in [0.717, 1.165) is 83.1 Å². The first-order valence-corrected chi connectivity index (χ1v) is 19.9. The van der Waals surface area contributed by atoms with Gasteiger partial charge in [0.2, 0.25) is 17.7 Å². The first kappa shape index (κ1) is 37.0. The topological polar surface area (TPSA) is 151 Å². The molecule has 2 aliphatic heterocycles. The van der Waals surface area contributed by atoms with E-state index in [1.807, 2.05) is 48.9 Å². The second-order valence-electron chi connectivity index (χ2n) is 15.2. The highest BCUT2D eigenvalue weighted by atomic mass is 16.5. The minimum absolute atomic E-state index is 0.0230. The van der Waals surface area contributed by atoms with Crippen molar-refractivity contribution in [3.63, 3.8) is 0 Å². The van der Waals surface area contributed by atoms with Crippen LogP contribution in [-0.4, -0.2) is 72.2 Å². The Morgan fingerprint density at radius 2 is 1.57 bits per heavy atom. The van der Waals surface area contributed by atoms with E-state index in [4.69, 9.17) is 14.2 Å². The van der Waals surface area contributed by atoms with Crippen LogP contribution in [-0.2, 0) is 18.3 Å². The number of imide groups is 1. The SMILES string of the molecule is C=C1CCC(N2C(=O)c3ccc(OCCCCCCc4ccc(OC5CC(Oc6ccc(-c7ccc8c9cnccc9n(C)c8c7)cn6)C5)nn4)cc3C2=O)C(=O)N1. The Kier molecular flexibility index (Phi) is 10.0. The number of rotatable bonds is 14. The molecule has 294 valence electrons. The highest BCUT2D eigenvalue weighted by molar-refractivity contribution is 6.23. The van der Waals surface area contributed by atoms with Crippen LogP contribution in [0.25, 0.3) is 32.9 Å². The monoisotopic (exact) mass is 777 g/mol. The van der Waals surface area contributed by atoms with E-state index in [2.05, 4.69) is 61.9 Å². The number of ether oxygens (including phenoxy) is 3. The molecule has 1 unspecified atom stereocenters. The number of hydrogen-bond donors (Lipinski definition) is 1. The van der Waals surface area contributed by atoms with Gasteiger partial charge in [0.1, 0.15) is 24.0 Å². The Bertz CT molecular complexity index is 2550. The van der Waals surface area contributed by atoms with Gasteiger partial charge in [-0.1, -0.05) is 31.6 Å². The number of pyridine rings is 2. The molecule has 1 atom stereocenters. The van der Waals surface area contributed by atoms with Gasteiger partial charge in [0, 0.05) is 78.2 Å². The van der Waals surface area contributed by atoms with Crippen molar-refractivity contribution in [1.29, 1.82) is 0 Å². The number of carbonyl (C=O) groups is 3. The van der Waals surface area contributed by atoms with E-state index in [1.54, 1.807) is 18.2 Å². The summed E-state index contributed by atoms with van der Waals surface area (Å²) < 4.78 is 20.3. The van der Waals surface area contributed by atoms with Crippen LogP contribution in [0.4, 0.5) is 0 Å². The highest BCUT2D eigenvalue weighted by Gasteiger charge is 2.44. The average Bonchev–Trinajstić information content (AvgIpc) is 3.65. The molecule has 58 heavy (non-hydrogen) atoms.